The second-order valence-corrected chi connectivity index (χ2v) is 5.92. The molecule has 1 aromatic heterocycles. The lowest BCUT2D eigenvalue weighted by Gasteiger charge is -2.17. The summed E-state index contributed by atoms with van der Waals surface area (Å²) in [6.07, 6.45) is 10.0. The number of hydrogen-bond acceptors (Lipinski definition) is 7. The maximum absolute atomic E-state index is 13.9. The Morgan fingerprint density at radius 3 is 3.20 bits per heavy atom. The molecule has 2 unspecified atom stereocenters. The monoisotopic (exact) mass is 347 g/mol. The Morgan fingerprint density at radius 1 is 1.36 bits per heavy atom. The van der Waals surface area contributed by atoms with E-state index in [-0.39, 0.29) is 30.6 Å². The molecule has 0 amide bonds. The Balaban J connectivity index is 1.32. The van der Waals surface area contributed by atoms with Crippen molar-refractivity contribution < 1.29 is 23.3 Å². The standard InChI is InChI=1S/C17H18FN3O4/c18-13-8-20-17(23-9-12-2-1-5-22-12)21-16(13)19-7-11-3-4-14-15(6-11)25-10-24-14/h1,3-5,8,11-12H,2,6-7,9-10H2,(H,19,20,21). The largest absolute Gasteiger partial charge is 0.494 e. The molecule has 0 fully saturated rings. The van der Waals surface area contributed by atoms with E-state index in [0.717, 1.165) is 24.1 Å². The van der Waals surface area contributed by atoms with Crippen molar-refractivity contribution >= 4 is 5.82 Å². The predicted molar refractivity (Wildman–Crippen MR) is 85.9 cm³/mol. The minimum absolute atomic E-state index is 0.0476. The summed E-state index contributed by atoms with van der Waals surface area (Å²) in [4.78, 5) is 7.95. The number of ether oxygens (including phenoxy) is 4. The molecule has 8 heteroatoms. The van der Waals surface area contributed by atoms with Gasteiger partial charge in [0.05, 0.1) is 12.5 Å². The van der Waals surface area contributed by atoms with Gasteiger partial charge in [-0.15, -0.1) is 0 Å². The van der Waals surface area contributed by atoms with Gasteiger partial charge in [0.15, 0.2) is 17.4 Å². The van der Waals surface area contributed by atoms with Crippen LogP contribution in [0, 0.1) is 11.7 Å². The van der Waals surface area contributed by atoms with Crippen LogP contribution in [0.2, 0.25) is 0 Å². The number of aromatic nitrogens is 2. The maximum Gasteiger partial charge on any atom is 0.318 e. The molecular formula is C17H18FN3O4. The van der Waals surface area contributed by atoms with Crippen molar-refractivity contribution in [3.8, 4) is 6.01 Å². The molecule has 1 N–H and O–H groups in total. The minimum Gasteiger partial charge on any atom is -0.494 e. The van der Waals surface area contributed by atoms with E-state index in [9.17, 15) is 4.39 Å². The highest BCUT2D eigenvalue weighted by Gasteiger charge is 2.23. The van der Waals surface area contributed by atoms with Crippen LogP contribution in [0.1, 0.15) is 12.8 Å². The lowest BCUT2D eigenvalue weighted by Crippen LogP contribution is -2.19. The molecule has 0 bridgehead atoms. The number of anilines is 1. The maximum atomic E-state index is 13.9. The van der Waals surface area contributed by atoms with Gasteiger partial charge in [0.1, 0.15) is 18.5 Å². The normalized spacial score (nSPS) is 23.7. The summed E-state index contributed by atoms with van der Waals surface area (Å²) in [6, 6.07) is 0.121. The van der Waals surface area contributed by atoms with E-state index in [4.69, 9.17) is 18.9 Å². The fourth-order valence-electron chi connectivity index (χ4n) is 2.76. The van der Waals surface area contributed by atoms with Gasteiger partial charge < -0.3 is 24.3 Å². The van der Waals surface area contributed by atoms with Crippen molar-refractivity contribution in [1.29, 1.82) is 0 Å². The third-order valence-electron chi connectivity index (χ3n) is 4.11. The fraction of sp³-hybridized carbons (Fsp3) is 0.412. The summed E-state index contributed by atoms with van der Waals surface area (Å²) in [5.41, 5.74) is 0. The molecule has 132 valence electrons. The average Bonchev–Trinajstić information content (AvgIpc) is 3.31. The number of allylic oxidation sites excluding steroid dienone is 2. The van der Waals surface area contributed by atoms with Crippen LogP contribution in [0.4, 0.5) is 10.2 Å². The highest BCUT2D eigenvalue weighted by atomic mass is 19.1. The van der Waals surface area contributed by atoms with Crippen LogP contribution in [0.3, 0.4) is 0 Å². The third-order valence-corrected chi connectivity index (χ3v) is 4.11. The SMILES string of the molecule is Fc1cnc(OCC2CC=CO2)nc1NCC1C=CC2=C(C1)OCO2. The molecule has 0 aromatic carbocycles. The van der Waals surface area contributed by atoms with E-state index >= 15 is 0 Å². The van der Waals surface area contributed by atoms with Gasteiger partial charge in [0, 0.05) is 25.3 Å². The zero-order chi connectivity index (χ0) is 17.1. The summed E-state index contributed by atoms with van der Waals surface area (Å²) in [5, 5.41) is 3.01. The molecule has 0 saturated heterocycles. The molecule has 1 aromatic rings. The zero-order valence-corrected chi connectivity index (χ0v) is 13.5. The molecule has 3 heterocycles. The van der Waals surface area contributed by atoms with Crippen LogP contribution < -0.4 is 10.1 Å². The van der Waals surface area contributed by atoms with E-state index in [0.29, 0.717) is 19.6 Å². The first-order valence-corrected chi connectivity index (χ1v) is 8.14. The van der Waals surface area contributed by atoms with Crippen LogP contribution in [0.25, 0.3) is 0 Å². The van der Waals surface area contributed by atoms with Crippen LogP contribution in [-0.2, 0) is 14.2 Å². The summed E-state index contributed by atoms with van der Waals surface area (Å²) in [7, 11) is 0. The highest BCUT2D eigenvalue weighted by Crippen LogP contribution is 2.29. The van der Waals surface area contributed by atoms with Gasteiger partial charge in [-0.05, 0) is 12.2 Å². The first-order valence-electron chi connectivity index (χ1n) is 8.14. The van der Waals surface area contributed by atoms with Crippen molar-refractivity contribution in [3.05, 3.63) is 48.0 Å². The van der Waals surface area contributed by atoms with E-state index in [2.05, 4.69) is 15.3 Å². The number of hydrogen-bond donors (Lipinski definition) is 1. The van der Waals surface area contributed by atoms with Crippen LogP contribution >= 0.6 is 0 Å². The summed E-state index contributed by atoms with van der Waals surface area (Å²) in [5.74, 6) is 1.38. The smallest absolute Gasteiger partial charge is 0.318 e. The molecule has 0 saturated carbocycles. The Kier molecular flexibility index (Phi) is 4.41. The van der Waals surface area contributed by atoms with E-state index in [1.165, 1.54) is 0 Å². The minimum atomic E-state index is -0.522. The number of rotatable bonds is 6. The number of halogens is 1. The summed E-state index contributed by atoms with van der Waals surface area (Å²) >= 11 is 0. The first kappa shape index (κ1) is 15.7. The second kappa shape index (κ2) is 7.00. The topological polar surface area (TPSA) is 74.7 Å². The van der Waals surface area contributed by atoms with Gasteiger partial charge in [-0.2, -0.15) is 4.98 Å². The Labute approximate surface area is 144 Å². The molecular weight excluding hydrogens is 329 g/mol. The quantitative estimate of drug-likeness (QED) is 0.847. The van der Waals surface area contributed by atoms with Gasteiger partial charge in [-0.1, -0.05) is 6.08 Å². The van der Waals surface area contributed by atoms with Crippen molar-refractivity contribution in [2.75, 3.05) is 25.3 Å². The van der Waals surface area contributed by atoms with Crippen LogP contribution in [0.15, 0.2) is 42.2 Å². The third kappa shape index (κ3) is 3.67. The van der Waals surface area contributed by atoms with Gasteiger partial charge in [-0.3, -0.25) is 0 Å². The Bertz CT molecular complexity index is 727. The Hall–Kier alpha value is -2.77. The highest BCUT2D eigenvalue weighted by molar-refractivity contribution is 5.37. The van der Waals surface area contributed by atoms with Crippen molar-refractivity contribution in [2.24, 2.45) is 5.92 Å². The molecule has 2 atom stereocenters. The lowest BCUT2D eigenvalue weighted by molar-refractivity contribution is 0.0719. The molecule has 25 heavy (non-hydrogen) atoms. The first-order chi connectivity index (χ1) is 12.3. The van der Waals surface area contributed by atoms with Gasteiger partial charge in [0.25, 0.3) is 0 Å². The average molecular weight is 347 g/mol. The molecule has 0 radical (unpaired) electrons. The Morgan fingerprint density at radius 2 is 2.32 bits per heavy atom. The predicted octanol–water partition coefficient (Wildman–Crippen LogP) is 2.50. The summed E-state index contributed by atoms with van der Waals surface area (Å²) < 4.78 is 35.4. The molecule has 4 rings (SSSR count). The van der Waals surface area contributed by atoms with Crippen LogP contribution in [0.5, 0.6) is 6.01 Å². The molecule has 1 aliphatic carbocycles. The fourth-order valence-corrected chi connectivity index (χ4v) is 2.76. The molecule has 0 spiro atoms. The van der Waals surface area contributed by atoms with E-state index in [1.54, 1.807) is 6.26 Å². The molecule has 7 nitrogen and oxygen atoms in total. The molecule has 2 aliphatic heterocycles. The van der Waals surface area contributed by atoms with Crippen molar-refractivity contribution in [3.63, 3.8) is 0 Å². The van der Waals surface area contributed by atoms with Gasteiger partial charge in [0.2, 0.25) is 6.79 Å². The van der Waals surface area contributed by atoms with Gasteiger partial charge in [-0.25, -0.2) is 9.37 Å². The van der Waals surface area contributed by atoms with E-state index in [1.807, 2.05) is 18.2 Å². The zero-order valence-electron chi connectivity index (χ0n) is 13.5. The van der Waals surface area contributed by atoms with Crippen LogP contribution in [-0.4, -0.2) is 36.0 Å². The second-order valence-electron chi connectivity index (χ2n) is 5.92. The van der Waals surface area contributed by atoms with E-state index < -0.39 is 5.82 Å². The molecule has 3 aliphatic rings. The number of nitrogens with one attached hydrogen (secondary N) is 1. The summed E-state index contributed by atoms with van der Waals surface area (Å²) in [6.45, 7) is 1.09. The van der Waals surface area contributed by atoms with Crippen molar-refractivity contribution in [1.82, 2.24) is 9.97 Å². The van der Waals surface area contributed by atoms with Crippen molar-refractivity contribution in [2.45, 2.75) is 18.9 Å². The number of nitrogens with zero attached hydrogens (tertiary/aromatic N) is 2. The lowest BCUT2D eigenvalue weighted by atomic mass is 9.98. The van der Waals surface area contributed by atoms with Gasteiger partial charge >= 0.3 is 6.01 Å².